The Balaban J connectivity index is 2.81. The summed E-state index contributed by atoms with van der Waals surface area (Å²) in [6.07, 6.45) is 0.715. The minimum absolute atomic E-state index is 0.0155. The Morgan fingerprint density at radius 2 is 2.31 bits per heavy atom. The molecule has 0 bridgehead atoms. The summed E-state index contributed by atoms with van der Waals surface area (Å²) in [6, 6.07) is 4.29. The molecule has 0 fully saturated rings. The fourth-order valence-corrected chi connectivity index (χ4v) is 1.12. The van der Waals surface area contributed by atoms with Gasteiger partial charge in [0.05, 0.1) is 10.6 Å². The highest BCUT2D eigenvalue weighted by Gasteiger charge is 2.06. The third kappa shape index (κ3) is 3.26. The lowest BCUT2D eigenvalue weighted by Gasteiger charge is -1.97. The van der Waals surface area contributed by atoms with Crippen LogP contribution in [0.2, 0.25) is 0 Å². The van der Waals surface area contributed by atoms with Crippen LogP contribution in [0.1, 0.15) is 12.0 Å². The van der Waals surface area contributed by atoms with Crippen molar-refractivity contribution in [3.8, 4) is 11.8 Å². The van der Waals surface area contributed by atoms with E-state index in [0.717, 1.165) is 6.54 Å². The number of nitro benzene ring substituents is 1. The average molecular weight is 219 g/mol. The van der Waals surface area contributed by atoms with Crippen molar-refractivity contribution in [3.05, 3.63) is 33.9 Å². The lowest BCUT2D eigenvalue weighted by Crippen LogP contribution is -2.05. The number of benzene rings is 1. The number of nitrogens with two attached hydrogens (primary N) is 1. The fourth-order valence-electron chi connectivity index (χ4n) is 1.12. The molecule has 0 saturated heterocycles. The highest BCUT2D eigenvalue weighted by atomic mass is 16.6. The van der Waals surface area contributed by atoms with Crippen LogP contribution in [-0.4, -0.2) is 18.5 Å². The second-order valence-electron chi connectivity index (χ2n) is 3.18. The zero-order valence-electron chi connectivity index (χ0n) is 8.99. The van der Waals surface area contributed by atoms with Crippen molar-refractivity contribution in [3.63, 3.8) is 0 Å². The number of nitrogen functional groups attached to an aromatic ring is 1. The third-order valence-electron chi connectivity index (χ3n) is 1.97. The smallest absolute Gasteiger partial charge is 0.271 e. The van der Waals surface area contributed by atoms with Gasteiger partial charge < -0.3 is 11.1 Å². The van der Waals surface area contributed by atoms with Gasteiger partial charge in [-0.3, -0.25) is 10.1 Å². The van der Waals surface area contributed by atoms with E-state index in [1.807, 2.05) is 7.05 Å². The van der Waals surface area contributed by atoms with Crippen LogP contribution in [0.5, 0.6) is 0 Å². The lowest BCUT2D eigenvalue weighted by molar-refractivity contribution is -0.384. The molecule has 0 spiro atoms. The van der Waals surface area contributed by atoms with Gasteiger partial charge in [-0.1, -0.05) is 11.8 Å². The molecule has 84 valence electrons. The molecule has 0 radical (unpaired) electrons. The first-order valence-electron chi connectivity index (χ1n) is 4.82. The van der Waals surface area contributed by atoms with E-state index in [4.69, 9.17) is 5.73 Å². The summed E-state index contributed by atoms with van der Waals surface area (Å²) in [6.45, 7) is 0.805. The van der Waals surface area contributed by atoms with Crippen LogP contribution in [0.3, 0.4) is 0 Å². The third-order valence-corrected chi connectivity index (χ3v) is 1.97. The molecule has 5 heteroatoms. The molecule has 0 unspecified atom stereocenters. The molecule has 0 aliphatic carbocycles. The Hall–Kier alpha value is -2.06. The van der Waals surface area contributed by atoms with Crippen molar-refractivity contribution in [2.24, 2.45) is 0 Å². The fraction of sp³-hybridized carbons (Fsp3) is 0.273. The predicted molar refractivity (Wildman–Crippen MR) is 62.9 cm³/mol. The molecule has 0 saturated carbocycles. The topological polar surface area (TPSA) is 81.2 Å². The van der Waals surface area contributed by atoms with Gasteiger partial charge in [-0.05, 0) is 13.1 Å². The first-order valence-corrected chi connectivity index (χ1v) is 4.82. The van der Waals surface area contributed by atoms with Crippen molar-refractivity contribution in [2.45, 2.75) is 6.42 Å². The molecule has 0 heterocycles. The van der Waals surface area contributed by atoms with Crippen LogP contribution in [0.15, 0.2) is 18.2 Å². The van der Waals surface area contributed by atoms with Gasteiger partial charge in [0, 0.05) is 30.7 Å². The summed E-state index contributed by atoms with van der Waals surface area (Å²) in [7, 11) is 1.85. The number of rotatable bonds is 3. The monoisotopic (exact) mass is 219 g/mol. The number of hydrogen-bond acceptors (Lipinski definition) is 4. The van der Waals surface area contributed by atoms with Gasteiger partial charge in [0.2, 0.25) is 0 Å². The van der Waals surface area contributed by atoms with Crippen molar-refractivity contribution < 1.29 is 4.92 Å². The number of nitro groups is 1. The van der Waals surface area contributed by atoms with Gasteiger partial charge in [0.1, 0.15) is 0 Å². The summed E-state index contributed by atoms with van der Waals surface area (Å²) in [5.74, 6) is 5.81. The predicted octanol–water partition coefficient (Wildman–Crippen LogP) is 1.14. The maximum absolute atomic E-state index is 10.5. The van der Waals surface area contributed by atoms with Crippen molar-refractivity contribution in [1.82, 2.24) is 5.32 Å². The number of nitrogens with zero attached hydrogens (tertiary/aromatic N) is 1. The maximum Gasteiger partial charge on any atom is 0.271 e. The number of anilines is 1. The van der Waals surface area contributed by atoms with Crippen molar-refractivity contribution in [1.29, 1.82) is 0 Å². The van der Waals surface area contributed by atoms with Gasteiger partial charge in [-0.25, -0.2) is 0 Å². The second kappa shape index (κ2) is 5.73. The highest BCUT2D eigenvalue weighted by Crippen LogP contribution is 2.18. The van der Waals surface area contributed by atoms with E-state index >= 15 is 0 Å². The average Bonchev–Trinajstić information content (AvgIpc) is 2.26. The van der Waals surface area contributed by atoms with Gasteiger partial charge in [-0.15, -0.1) is 0 Å². The quantitative estimate of drug-likeness (QED) is 0.262. The molecule has 1 rings (SSSR count). The van der Waals surface area contributed by atoms with Crippen LogP contribution >= 0.6 is 0 Å². The lowest BCUT2D eigenvalue weighted by atomic mass is 10.1. The van der Waals surface area contributed by atoms with Crippen molar-refractivity contribution >= 4 is 11.4 Å². The largest absolute Gasteiger partial charge is 0.398 e. The number of nitrogens with one attached hydrogen (secondary N) is 1. The number of non-ortho nitro benzene ring substituents is 1. The molecule has 0 aliphatic rings. The molecule has 0 atom stereocenters. The van der Waals surface area contributed by atoms with Crippen LogP contribution in [-0.2, 0) is 0 Å². The first-order chi connectivity index (χ1) is 7.65. The summed E-state index contributed by atoms with van der Waals surface area (Å²) < 4.78 is 0. The van der Waals surface area contributed by atoms with E-state index in [-0.39, 0.29) is 5.69 Å². The van der Waals surface area contributed by atoms with E-state index in [1.165, 1.54) is 12.1 Å². The van der Waals surface area contributed by atoms with E-state index in [9.17, 15) is 10.1 Å². The molecule has 1 aromatic rings. The van der Waals surface area contributed by atoms with E-state index in [1.54, 1.807) is 6.07 Å². The van der Waals surface area contributed by atoms with Crippen LogP contribution in [0.4, 0.5) is 11.4 Å². The molecule has 0 aliphatic heterocycles. The molecule has 16 heavy (non-hydrogen) atoms. The normalized spacial score (nSPS) is 9.31. The molecule has 5 nitrogen and oxygen atoms in total. The Kier molecular flexibility index (Phi) is 4.30. The summed E-state index contributed by atoms with van der Waals surface area (Å²) in [5, 5.41) is 13.4. The van der Waals surface area contributed by atoms with Crippen molar-refractivity contribution in [2.75, 3.05) is 19.3 Å². The maximum atomic E-state index is 10.5. The van der Waals surface area contributed by atoms with Gasteiger partial charge >= 0.3 is 0 Å². The SMILES string of the molecule is CNCCC#Cc1ccc([N+](=O)[O-])cc1N. The van der Waals surface area contributed by atoms with E-state index < -0.39 is 4.92 Å². The second-order valence-corrected chi connectivity index (χ2v) is 3.18. The number of hydrogen-bond donors (Lipinski definition) is 2. The highest BCUT2D eigenvalue weighted by molar-refractivity contribution is 5.60. The Labute approximate surface area is 93.8 Å². The minimum Gasteiger partial charge on any atom is -0.398 e. The van der Waals surface area contributed by atoms with E-state index in [0.29, 0.717) is 17.7 Å². The molecular weight excluding hydrogens is 206 g/mol. The zero-order valence-corrected chi connectivity index (χ0v) is 8.99. The first kappa shape index (κ1) is 12.0. The van der Waals surface area contributed by atoms with E-state index in [2.05, 4.69) is 17.2 Å². The molecule has 3 N–H and O–H groups in total. The zero-order chi connectivity index (χ0) is 12.0. The van der Waals surface area contributed by atoms with Gasteiger partial charge in [0.25, 0.3) is 5.69 Å². The van der Waals surface area contributed by atoms with Crippen LogP contribution in [0.25, 0.3) is 0 Å². The van der Waals surface area contributed by atoms with Crippen LogP contribution < -0.4 is 11.1 Å². The summed E-state index contributed by atoms with van der Waals surface area (Å²) in [4.78, 5) is 9.99. The summed E-state index contributed by atoms with van der Waals surface area (Å²) in [5.41, 5.74) is 6.60. The van der Waals surface area contributed by atoms with Crippen LogP contribution in [0, 0.1) is 22.0 Å². The Bertz CT molecular complexity index is 446. The summed E-state index contributed by atoms with van der Waals surface area (Å²) >= 11 is 0. The molecular formula is C11H13N3O2. The van der Waals surface area contributed by atoms with Gasteiger partial charge in [0.15, 0.2) is 0 Å². The molecule has 0 aromatic heterocycles. The minimum atomic E-state index is -0.478. The molecule has 0 amide bonds. The Morgan fingerprint density at radius 1 is 1.56 bits per heavy atom. The standard InChI is InChI=1S/C11H13N3O2/c1-13-7-3-2-4-9-5-6-10(14(15)16)8-11(9)12/h5-6,8,13H,3,7,12H2,1H3. The Morgan fingerprint density at radius 3 is 2.88 bits per heavy atom. The van der Waals surface area contributed by atoms with Gasteiger partial charge in [-0.2, -0.15) is 0 Å². The molecule has 1 aromatic carbocycles.